The topological polar surface area (TPSA) is 32.3 Å². The van der Waals surface area contributed by atoms with Crippen LogP contribution in [0.5, 0.6) is 5.75 Å². The van der Waals surface area contributed by atoms with Gasteiger partial charge in [-0.2, -0.15) is 0 Å². The van der Waals surface area contributed by atoms with E-state index in [2.05, 4.69) is 43.4 Å². The molecule has 0 bridgehead atoms. The first kappa shape index (κ1) is 15.6. The van der Waals surface area contributed by atoms with Crippen molar-refractivity contribution in [2.45, 2.75) is 45.7 Å². The highest BCUT2D eigenvalue weighted by molar-refractivity contribution is 5.27. The first-order chi connectivity index (χ1) is 10.2. The molecule has 0 spiro atoms. The zero-order valence-corrected chi connectivity index (χ0v) is 13.0. The fraction of sp³-hybridized carbons (Fsp3) is 0.368. The average Bonchev–Trinajstić information content (AvgIpc) is 2.52. The van der Waals surface area contributed by atoms with Gasteiger partial charge in [-0.25, -0.2) is 0 Å². The average molecular weight is 283 g/mol. The van der Waals surface area contributed by atoms with Crippen LogP contribution < -0.4 is 5.32 Å². The number of hydrogen-bond acceptors (Lipinski definition) is 2. The van der Waals surface area contributed by atoms with E-state index in [0.29, 0.717) is 11.8 Å². The quantitative estimate of drug-likeness (QED) is 0.779. The summed E-state index contributed by atoms with van der Waals surface area (Å²) in [7, 11) is 0. The molecule has 1 unspecified atom stereocenters. The summed E-state index contributed by atoms with van der Waals surface area (Å²) in [6.07, 6.45) is 3.67. The number of hydrogen-bond donors (Lipinski definition) is 2. The summed E-state index contributed by atoms with van der Waals surface area (Å²) in [4.78, 5) is 0. The van der Waals surface area contributed by atoms with Crippen LogP contribution in [0.2, 0.25) is 0 Å². The summed E-state index contributed by atoms with van der Waals surface area (Å²) in [5, 5.41) is 12.8. The molecule has 2 rings (SSSR count). The first-order valence-electron chi connectivity index (χ1n) is 7.79. The molecule has 0 aliphatic rings. The summed E-state index contributed by atoms with van der Waals surface area (Å²) in [6.45, 7) is 5.21. The van der Waals surface area contributed by atoms with Crippen LogP contribution in [0.3, 0.4) is 0 Å². The largest absolute Gasteiger partial charge is 0.508 e. The van der Waals surface area contributed by atoms with Crippen LogP contribution in [0.15, 0.2) is 48.5 Å². The lowest BCUT2D eigenvalue weighted by Crippen LogP contribution is -2.17. The van der Waals surface area contributed by atoms with Crippen molar-refractivity contribution < 1.29 is 5.11 Å². The van der Waals surface area contributed by atoms with E-state index in [1.165, 1.54) is 36.0 Å². The van der Waals surface area contributed by atoms with Crippen molar-refractivity contribution >= 4 is 0 Å². The predicted octanol–water partition coefficient (Wildman–Crippen LogP) is 4.59. The number of phenolic OH excluding ortho intramolecular Hbond substituents is 1. The summed E-state index contributed by atoms with van der Waals surface area (Å²) in [5.74, 6) is 0.314. The van der Waals surface area contributed by atoms with Crippen LogP contribution in [0.25, 0.3) is 0 Å². The molecule has 2 nitrogen and oxygen atoms in total. The van der Waals surface area contributed by atoms with E-state index in [4.69, 9.17) is 0 Å². The third-order valence-electron chi connectivity index (χ3n) is 3.85. The van der Waals surface area contributed by atoms with Gasteiger partial charge >= 0.3 is 0 Å². The van der Waals surface area contributed by atoms with Gasteiger partial charge in [0.1, 0.15) is 5.75 Å². The molecular formula is C19H25NO. The predicted molar refractivity (Wildman–Crippen MR) is 88.4 cm³/mol. The molecule has 0 amide bonds. The van der Waals surface area contributed by atoms with Gasteiger partial charge in [0, 0.05) is 12.6 Å². The Morgan fingerprint density at radius 3 is 2.19 bits per heavy atom. The lowest BCUT2D eigenvalue weighted by molar-refractivity contribution is 0.474. The molecule has 2 N–H and O–H groups in total. The molecule has 2 aromatic carbocycles. The standard InChI is InChI=1S/C19H25NO/c1-3-4-5-16-6-10-18(11-7-16)15(2)20-14-17-8-12-19(21)13-9-17/h6-13,15,20-21H,3-5,14H2,1-2H3. The monoisotopic (exact) mass is 283 g/mol. The summed E-state index contributed by atoms with van der Waals surface area (Å²) < 4.78 is 0. The highest BCUT2D eigenvalue weighted by Crippen LogP contribution is 2.16. The van der Waals surface area contributed by atoms with Gasteiger partial charge < -0.3 is 10.4 Å². The van der Waals surface area contributed by atoms with Crippen molar-refractivity contribution in [2.75, 3.05) is 0 Å². The van der Waals surface area contributed by atoms with E-state index in [-0.39, 0.29) is 0 Å². The molecule has 0 aromatic heterocycles. The Balaban J connectivity index is 1.87. The van der Waals surface area contributed by atoms with Crippen LogP contribution in [0, 0.1) is 0 Å². The number of aromatic hydroxyl groups is 1. The normalized spacial score (nSPS) is 12.3. The van der Waals surface area contributed by atoms with Crippen LogP contribution in [0.1, 0.15) is 49.4 Å². The van der Waals surface area contributed by atoms with E-state index in [0.717, 1.165) is 6.54 Å². The molecule has 0 fully saturated rings. The first-order valence-corrected chi connectivity index (χ1v) is 7.79. The van der Waals surface area contributed by atoms with Crippen LogP contribution in [-0.2, 0) is 13.0 Å². The maximum absolute atomic E-state index is 9.28. The second kappa shape index (κ2) is 7.84. The second-order valence-electron chi connectivity index (χ2n) is 5.61. The summed E-state index contributed by atoms with van der Waals surface area (Å²) in [5.41, 5.74) is 3.92. The maximum Gasteiger partial charge on any atom is 0.115 e. The molecule has 1 atom stereocenters. The molecule has 2 heteroatoms. The lowest BCUT2D eigenvalue weighted by Gasteiger charge is -2.15. The Labute approximate surface area is 127 Å². The fourth-order valence-electron chi connectivity index (χ4n) is 2.36. The van der Waals surface area contributed by atoms with E-state index in [1.54, 1.807) is 12.1 Å². The molecule has 21 heavy (non-hydrogen) atoms. The van der Waals surface area contributed by atoms with Crippen LogP contribution in [0.4, 0.5) is 0 Å². The van der Waals surface area contributed by atoms with E-state index >= 15 is 0 Å². The minimum atomic E-state index is 0.314. The van der Waals surface area contributed by atoms with Crippen molar-refractivity contribution in [2.24, 2.45) is 0 Å². The van der Waals surface area contributed by atoms with Gasteiger partial charge in [-0.05, 0) is 48.6 Å². The van der Waals surface area contributed by atoms with Crippen molar-refractivity contribution in [3.8, 4) is 5.75 Å². The Hall–Kier alpha value is -1.80. The van der Waals surface area contributed by atoms with Gasteiger partial charge in [0.05, 0.1) is 0 Å². The number of rotatable bonds is 7. The molecule has 0 saturated carbocycles. The molecule has 0 aliphatic carbocycles. The summed E-state index contributed by atoms with van der Waals surface area (Å²) >= 11 is 0. The Morgan fingerprint density at radius 1 is 0.952 bits per heavy atom. The Morgan fingerprint density at radius 2 is 1.57 bits per heavy atom. The molecule has 0 radical (unpaired) electrons. The Bertz CT molecular complexity index is 530. The Kier molecular flexibility index (Phi) is 5.82. The number of unbranched alkanes of at least 4 members (excludes halogenated alkanes) is 1. The molecule has 2 aromatic rings. The zero-order valence-electron chi connectivity index (χ0n) is 13.0. The molecule has 112 valence electrons. The maximum atomic E-state index is 9.28. The minimum absolute atomic E-state index is 0.314. The van der Waals surface area contributed by atoms with Crippen LogP contribution in [-0.4, -0.2) is 5.11 Å². The van der Waals surface area contributed by atoms with Crippen molar-refractivity contribution in [1.82, 2.24) is 5.32 Å². The smallest absolute Gasteiger partial charge is 0.115 e. The van der Waals surface area contributed by atoms with E-state index < -0.39 is 0 Å². The van der Waals surface area contributed by atoms with Gasteiger partial charge in [-0.1, -0.05) is 49.7 Å². The third kappa shape index (κ3) is 4.91. The number of aryl methyl sites for hydroxylation is 1. The molecule has 0 aliphatic heterocycles. The number of nitrogens with one attached hydrogen (secondary N) is 1. The highest BCUT2D eigenvalue weighted by atomic mass is 16.3. The molecular weight excluding hydrogens is 258 g/mol. The SMILES string of the molecule is CCCCc1ccc(C(C)NCc2ccc(O)cc2)cc1. The fourth-order valence-corrected chi connectivity index (χ4v) is 2.36. The zero-order chi connectivity index (χ0) is 15.1. The van der Waals surface area contributed by atoms with Gasteiger partial charge in [0.15, 0.2) is 0 Å². The number of phenols is 1. The minimum Gasteiger partial charge on any atom is -0.508 e. The van der Waals surface area contributed by atoms with Gasteiger partial charge in [-0.3, -0.25) is 0 Å². The number of benzene rings is 2. The van der Waals surface area contributed by atoms with Crippen molar-refractivity contribution in [3.63, 3.8) is 0 Å². The van der Waals surface area contributed by atoms with Crippen molar-refractivity contribution in [3.05, 3.63) is 65.2 Å². The van der Waals surface area contributed by atoms with Crippen LogP contribution >= 0.6 is 0 Å². The van der Waals surface area contributed by atoms with E-state index in [9.17, 15) is 5.11 Å². The van der Waals surface area contributed by atoms with E-state index in [1.807, 2.05) is 12.1 Å². The molecule has 0 heterocycles. The van der Waals surface area contributed by atoms with Gasteiger partial charge in [-0.15, -0.1) is 0 Å². The summed E-state index contributed by atoms with van der Waals surface area (Å²) in [6, 6.07) is 16.6. The molecule has 0 saturated heterocycles. The lowest BCUT2D eigenvalue weighted by atomic mass is 10.0. The third-order valence-corrected chi connectivity index (χ3v) is 3.85. The van der Waals surface area contributed by atoms with Gasteiger partial charge in [0.25, 0.3) is 0 Å². The second-order valence-corrected chi connectivity index (χ2v) is 5.61. The highest BCUT2D eigenvalue weighted by Gasteiger charge is 2.05. The van der Waals surface area contributed by atoms with Crippen molar-refractivity contribution in [1.29, 1.82) is 0 Å². The van der Waals surface area contributed by atoms with Gasteiger partial charge in [0.2, 0.25) is 0 Å².